The number of benzene rings is 1. The zero-order valence-corrected chi connectivity index (χ0v) is 11.3. The number of carbonyl (C=O) groups is 2. The van der Waals surface area contributed by atoms with Crippen LogP contribution in [-0.2, 0) is 9.59 Å². The third kappa shape index (κ3) is 3.00. The number of carbonyl (C=O) groups excluding carboxylic acids is 2. The third-order valence-corrected chi connectivity index (χ3v) is 3.75. The molecule has 0 N–H and O–H groups in total. The van der Waals surface area contributed by atoms with Gasteiger partial charge in [0, 0.05) is 31.5 Å². The molecule has 2 rings (SSSR count). The Morgan fingerprint density at radius 3 is 2.53 bits per heavy atom. The molecule has 0 unspecified atom stereocenters. The first-order valence-corrected chi connectivity index (χ1v) is 6.54. The molecule has 0 heterocycles. The first-order chi connectivity index (χ1) is 8.99. The molecule has 1 aliphatic carbocycles. The Labute approximate surface area is 112 Å². The lowest BCUT2D eigenvalue weighted by Crippen LogP contribution is -2.35. The van der Waals surface area contributed by atoms with Crippen molar-refractivity contribution in [2.45, 2.75) is 32.6 Å². The zero-order chi connectivity index (χ0) is 14.0. The van der Waals surface area contributed by atoms with Gasteiger partial charge in [0.1, 0.15) is 11.6 Å². The molecule has 1 amide bonds. The van der Waals surface area contributed by atoms with Crippen molar-refractivity contribution in [3.63, 3.8) is 0 Å². The van der Waals surface area contributed by atoms with Crippen LogP contribution in [0.5, 0.6) is 0 Å². The van der Waals surface area contributed by atoms with Crippen LogP contribution in [0.3, 0.4) is 0 Å². The summed E-state index contributed by atoms with van der Waals surface area (Å²) in [6.45, 7) is 1.68. The molecule has 3 nitrogen and oxygen atoms in total. The van der Waals surface area contributed by atoms with E-state index >= 15 is 0 Å². The second-order valence-electron chi connectivity index (χ2n) is 5.14. The minimum absolute atomic E-state index is 0.0125. The molecule has 0 atom stereocenters. The Balaban J connectivity index is 2.10. The Kier molecular flexibility index (Phi) is 3.98. The molecule has 0 aliphatic heterocycles. The van der Waals surface area contributed by atoms with E-state index in [0.29, 0.717) is 36.9 Å². The second-order valence-corrected chi connectivity index (χ2v) is 5.14. The summed E-state index contributed by atoms with van der Waals surface area (Å²) in [5.74, 6) is -0.108. The number of amides is 1. The lowest BCUT2D eigenvalue weighted by atomic mass is 9.87. The quantitative estimate of drug-likeness (QED) is 0.822. The number of anilines is 1. The van der Waals surface area contributed by atoms with Gasteiger partial charge < -0.3 is 4.90 Å². The fourth-order valence-electron chi connectivity index (χ4n) is 2.43. The number of hydrogen-bond donors (Lipinski definition) is 0. The van der Waals surface area contributed by atoms with Crippen LogP contribution in [0, 0.1) is 18.7 Å². The molecule has 1 fully saturated rings. The van der Waals surface area contributed by atoms with Gasteiger partial charge in [-0.3, -0.25) is 9.59 Å². The van der Waals surface area contributed by atoms with Gasteiger partial charge in [0.25, 0.3) is 0 Å². The van der Waals surface area contributed by atoms with E-state index in [-0.39, 0.29) is 23.4 Å². The smallest absolute Gasteiger partial charge is 0.229 e. The predicted octanol–water partition coefficient (Wildman–Crippen LogP) is 2.86. The number of rotatable bonds is 2. The molecule has 102 valence electrons. The van der Waals surface area contributed by atoms with E-state index in [1.807, 2.05) is 0 Å². The van der Waals surface area contributed by atoms with Crippen molar-refractivity contribution in [2.24, 2.45) is 5.92 Å². The minimum atomic E-state index is -0.270. The van der Waals surface area contributed by atoms with Crippen LogP contribution >= 0.6 is 0 Å². The van der Waals surface area contributed by atoms with Gasteiger partial charge in [-0.25, -0.2) is 4.39 Å². The van der Waals surface area contributed by atoms with Gasteiger partial charge in [-0.2, -0.15) is 0 Å². The predicted molar refractivity (Wildman–Crippen MR) is 71.5 cm³/mol. The largest absolute Gasteiger partial charge is 0.315 e. The van der Waals surface area contributed by atoms with Crippen molar-refractivity contribution in [2.75, 3.05) is 11.9 Å². The van der Waals surface area contributed by atoms with Gasteiger partial charge in [0.05, 0.1) is 0 Å². The van der Waals surface area contributed by atoms with Crippen LogP contribution < -0.4 is 4.90 Å². The molecular weight excluding hydrogens is 245 g/mol. The van der Waals surface area contributed by atoms with Crippen molar-refractivity contribution in [3.8, 4) is 0 Å². The molecule has 19 heavy (non-hydrogen) atoms. The summed E-state index contributed by atoms with van der Waals surface area (Å²) < 4.78 is 13.2. The Morgan fingerprint density at radius 2 is 1.95 bits per heavy atom. The molecule has 4 heteroatoms. The van der Waals surface area contributed by atoms with E-state index in [1.54, 1.807) is 31.0 Å². The van der Waals surface area contributed by atoms with E-state index in [9.17, 15) is 14.0 Å². The van der Waals surface area contributed by atoms with E-state index in [4.69, 9.17) is 0 Å². The average Bonchev–Trinajstić information content (AvgIpc) is 2.41. The fourth-order valence-corrected chi connectivity index (χ4v) is 2.43. The van der Waals surface area contributed by atoms with Gasteiger partial charge in [0.15, 0.2) is 0 Å². The standard InChI is InChI=1S/C15H18FNO2/c1-10-9-12(5-8-14(10)16)17(2)15(19)11-3-6-13(18)7-4-11/h5,8-9,11H,3-4,6-7H2,1-2H3. The maximum Gasteiger partial charge on any atom is 0.229 e. The van der Waals surface area contributed by atoms with E-state index in [0.717, 1.165) is 0 Å². The van der Waals surface area contributed by atoms with Gasteiger partial charge in [-0.05, 0) is 43.5 Å². The Bertz CT molecular complexity index is 503. The summed E-state index contributed by atoms with van der Waals surface area (Å²) >= 11 is 0. The summed E-state index contributed by atoms with van der Waals surface area (Å²) in [4.78, 5) is 25.1. The maximum absolute atomic E-state index is 13.2. The lowest BCUT2D eigenvalue weighted by Gasteiger charge is -2.26. The first-order valence-electron chi connectivity index (χ1n) is 6.54. The topological polar surface area (TPSA) is 37.4 Å². The molecule has 0 spiro atoms. The molecule has 1 aromatic carbocycles. The number of aryl methyl sites for hydroxylation is 1. The van der Waals surface area contributed by atoms with Gasteiger partial charge in [-0.15, -0.1) is 0 Å². The highest BCUT2D eigenvalue weighted by molar-refractivity contribution is 5.95. The summed E-state index contributed by atoms with van der Waals surface area (Å²) in [6.07, 6.45) is 2.24. The summed E-state index contributed by atoms with van der Waals surface area (Å²) in [6, 6.07) is 4.65. The van der Waals surface area contributed by atoms with Crippen molar-refractivity contribution in [3.05, 3.63) is 29.6 Å². The monoisotopic (exact) mass is 263 g/mol. The van der Waals surface area contributed by atoms with Crippen molar-refractivity contribution in [1.82, 2.24) is 0 Å². The van der Waals surface area contributed by atoms with Crippen molar-refractivity contribution < 1.29 is 14.0 Å². The van der Waals surface area contributed by atoms with Crippen LogP contribution in [0.15, 0.2) is 18.2 Å². The van der Waals surface area contributed by atoms with Gasteiger partial charge in [-0.1, -0.05) is 0 Å². The van der Waals surface area contributed by atoms with Crippen molar-refractivity contribution >= 4 is 17.4 Å². The van der Waals surface area contributed by atoms with Gasteiger partial charge >= 0.3 is 0 Å². The minimum Gasteiger partial charge on any atom is -0.315 e. The molecular formula is C15H18FNO2. The number of ketones is 1. The van der Waals surface area contributed by atoms with E-state index < -0.39 is 0 Å². The summed E-state index contributed by atoms with van der Waals surface area (Å²) in [5.41, 5.74) is 1.22. The summed E-state index contributed by atoms with van der Waals surface area (Å²) in [5, 5.41) is 0. The number of hydrogen-bond acceptors (Lipinski definition) is 2. The SMILES string of the molecule is Cc1cc(N(C)C(=O)C2CCC(=O)CC2)ccc1F. The van der Waals surface area contributed by atoms with Crippen LogP contribution in [0.1, 0.15) is 31.2 Å². The molecule has 1 saturated carbocycles. The molecule has 0 bridgehead atoms. The molecule has 0 aromatic heterocycles. The zero-order valence-electron chi connectivity index (χ0n) is 11.3. The molecule has 0 saturated heterocycles. The first kappa shape index (κ1) is 13.7. The average molecular weight is 263 g/mol. The highest BCUT2D eigenvalue weighted by Crippen LogP contribution is 2.26. The Hall–Kier alpha value is -1.71. The third-order valence-electron chi connectivity index (χ3n) is 3.75. The number of nitrogens with zero attached hydrogens (tertiary/aromatic N) is 1. The molecule has 0 radical (unpaired) electrons. The fraction of sp³-hybridized carbons (Fsp3) is 0.467. The second kappa shape index (κ2) is 5.51. The van der Waals surface area contributed by atoms with Crippen LogP contribution in [0.25, 0.3) is 0 Å². The lowest BCUT2D eigenvalue weighted by molar-refractivity contribution is -0.126. The number of halogens is 1. The highest BCUT2D eigenvalue weighted by atomic mass is 19.1. The number of Topliss-reactive ketones (excluding diaryl/α,β-unsaturated/α-hetero) is 1. The molecule has 1 aromatic rings. The van der Waals surface area contributed by atoms with Gasteiger partial charge in [0.2, 0.25) is 5.91 Å². The normalized spacial score (nSPS) is 16.5. The summed E-state index contributed by atoms with van der Waals surface area (Å²) in [7, 11) is 1.70. The van der Waals surface area contributed by atoms with Crippen LogP contribution in [0.2, 0.25) is 0 Å². The maximum atomic E-state index is 13.2. The van der Waals surface area contributed by atoms with Crippen LogP contribution in [0.4, 0.5) is 10.1 Å². The van der Waals surface area contributed by atoms with Crippen molar-refractivity contribution in [1.29, 1.82) is 0 Å². The van der Waals surface area contributed by atoms with Crippen LogP contribution in [-0.4, -0.2) is 18.7 Å². The van der Waals surface area contributed by atoms with E-state index in [2.05, 4.69) is 0 Å². The highest BCUT2D eigenvalue weighted by Gasteiger charge is 2.27. The molecule has 1 aliphatic rings. The Morgan fingerprint density at radius 1 is 1.32 bits per heavy atom. The van der Waals surface area contributed by atoms with E-state index in [1.165, 1.54) is 6.07 Å².